The molecule has 0 aliphatic heterocycles. The zero-order valence-electron chi connectivity index (χ0n) is 11.6. The molecule has 0 radical (unpaired) electrons. The fourth-order valence-electron chi connectivity index (χ4n) is 3.62. The van der Waals surface area contributed by atoms with E-state index < -0.39 is 17.8 Å². The summed E-state index contributed by atoms with van der Waals surface area (Å²) in [5.41, 5.74) is 0.826. The van der Waals surface area contributed by atoms with Gasteiger partial charge in [-0.3, -0.25) is 4.79 Å². The number of aromatic nitrogens is 1. The molecule has 1 amide bonds. The molecule has 1 N–H and O–H groups in total. The number of carboxylic acid groups (broad SMARTS) is 1. The second-order valence-corrected chi connectivity index (χ2v) is 6.83. The molecule has 0 unspecified atom stereocenters. The van der Waals surface area contributed by atoms with E-state index in [2.05, 4.69) is 10.3 Å². The van der Waals surface area contributed by atoms with Crippen LogP contribution in [0, 0.1) is 23.7 Å². The lowest BCUT2D eigenvalue weighted by atomic mass is 9.82. The number of hydrogen-bond acceptors (Lipinski definition) is 5. The number of para-hydroxylation sites is 1. The fraction of sp³-hybridized carbons (Fsp3) is 0.312. The van der Waals surface area contributed by atoms with Crippen LogP contribution in [0.5, 0.6) is 0 Å². The molecule has 1 heterocycles. The average molecular weight is 313 g/mol. The summed E-state index contributed by atoms with van der Waals surface area (Å²) < 4.78 is 0.988. The van der Waals surface area contributed by atoms with Crippen molar-refractivity contribution >= 4 is 38.6 Å². The molecule has 0 saturated heterocycles. The van der Waals surface area contributed by atoms with Gasteiger partial charge in [-0.15, -0.1) is 0 Å². The van der Waals surface area contributed by atoms with Crippen LogP contribution in [-0.2, 0) is 9.59 Å². The van der Waals surface area contributed by atoms with E-state index in [-0.39, 0.29) is 17.7 Å². The number of rotatable bonds is 3. The van der Waals surface area contributed by atoms with Gasteiger partial charge in [0.1, 0.15) is 0 Å². The van der Waals surface area contributed by atoms with Gasteiger partial charge in [-0.05, 0) is 30.4 Å². The van der Waals surface area contributed by atoms with Gasteiger partial charge in [0.05, 0.1) is 16.1 Å². The maximum absolute atomic E-state index is 12.5. The van der Waals surface area contributed by atoms with Crippen molar-refractivity contribution in [2.24, 2.45) is 23.7 Å². The summed E-state index contributed by atoms with van der Waals surface area (Å²) in [4.78, 5) is 28.2. The SMILES string of the molecule is O=C([O-])[C@@H]1[C@H](C(=O)Nc2nc3ccccc3s2)[C@@H]2C=C[C@H]1C2. The molecule has 112 valence electrons. The number of hydrogen-bond donors (Lipinski definition) is 1. The summed E-state index contributed by atoms with van der Waals surface area (Å²) >= 11 is 1.39. The highest BCUT2D eigenvalue weighted by Crippen LogP contribution is 2.48. The summed E-state index contributed by atoms with van der Waals surface area (Å²) in [6, 6.07) is 7.62. The van der Waals surface area contributed by atoms with Gasteiger partial charge in [0.25, 0.3) is 0 Å². The number of nitrogens with one attached hydrogen (secondary N) is 1. The number of allylic oxidation sites excluding steroid dienone is 2. The Morgan fingerprint density at radius 3 is 2.64 bits per heavy atom. The van der Waals surface area contributed by atoms with Crippen molar-refractivity contribution in [1.82, 2.24) is 4.98 Å². The van der Waals surface area contributed by atoms with Crippen molar-refractivity contribution < 1.29 is 14.7 Å². The topological polar surface area (TPSA) is 82.1 Å². The van der Waals surface area contributed by atoms with Gasteiger partial charge < -0.3 is 15.2 Å². The zero-order chi connectivity index (χ0) is 15.3. The predicted octanol–water partition coefficient (Wildman–Crippen LogP) is 1.42. The number of anilines is 1. The predicted molar refractivity (Wildman–Crippen MR) is 81.0 cm³/mol. The lowest BCUT2D eigenvalue weighted by Gasteiger charge is -2.27. The van der Waals surface area contributed by atoms with Crippen molar-refractivity contribution in [3.63, 3.8) is 0 Å². The van der Waals surface area contributed by atoms with E-state index >= 15 is 0 Å². The summed E-state index contributed by atoms with van der Waals surface area (Å²) in [6.45, 7) is 0. The highest BCUT2D eigenvalue weighted by molar-refractivity contribution is 7.22. The third-order valence-corrected chi connectivity index (χ3v) is 5.51. The van der Waals surface area contributed by atoms with Crippen molar-refractivity contribution in [1.29, 1.82) is 0 Å². The van der Waals surface area contributed by atoms with Crippen LogP contribution in [0.1, 0.15) is 6.42 Å². The van der Waals surface area contributed by atoms with E-state index in [0.717, 1.165) is 16.6 Å². The Labute approximate surface area is 130 Å². The molecule has 5 nitrogen and oxygen atoms in total. The summed E-state index contributed by atoms with van der Waals surface area (Å²) in [6.07, 6.45) is 4.57. The Hall–Kier alpha value is -2.21. The van der Waals surface area contributed by atoms with E-state index in [1.807, 2.05) is 36.4 Å². The van der Waals surface area contributed by atoms with Gasteiger partial charge in [-0.25, -0.2) is 4.98 Å². The number of carboxylic acids is 1. The number of thiazole rings is 1. The average Bonchev–Trinajstić information content (AvgIpc) is 3.19. The molecule has 2 bridgehead atoms. The molecule has 1 fully saturated rings. The van der Waals surface area contributed by atoms with Gasteiger partial charge in [0.2, 0.25) is 5.91 Å². The minimum Gasteiger partial charge on any atom is -0.550 e. The van der Waals surface area contributed by atoms with Crippen LogP contribution in [0.4, 0.5) is 5.13 Å². The summed E-state index contributed by atoms with van der Waals surface area (Å²) in [5.74, 6) is -2.80. The summed E-state index contributed by atoms with van der Waals surface area (Å²) in [7, 11) is 0. The van der Waals surface area contributed by atoms with Crippen LogP contribution < -0.4 is 10.4 Å². The maximum atomic E-state index is 12.5. The molecule has 1 aromatic carbocycles. The van der Waals surface area contributed by atoms with E-state index in [1.165, 1.54) is 11.3 Å². The quantitative estimate of drug-likeness (QED) is 0.869. The van der Waals surface area contributed by atoms with Crippen LogP contribution in [0.25, 0.3) is 10.2 Å². The molecule has 0 spiro atoms. The van der Waals surface area contributed by atoms with Gasteiger partial charge in [0, 0.05) is 11.9 Å². The highest BCUT2D eigenvalue weighted by atomic mass is 32.1. The number of carbonyl (C=O) groups excluding carboxylic acids is 2. The molecule has 2 aromatic rings. The Morgan fingerprint density at radius 1 is 1.18 bits per heavy atom. The molecule has 1 saturated carbocycles. The third kappa shape index (κ3) is 2.02. The van der Waals surface area contributed by atoms with Gasteiger partial charge in [-0.1, -0.05) is 35.6 Å². The second-order valence-electron chi connectivity index (χ2n) is 5.79. The first-order chi connectivity index (χ1) is 10.6. The Balaban J connectivity index is 1.59. The van der Waals surface area contributed by atoms with Gasteiger partial charge in [-0.2, -0.15) is 0 Å². The molecule has 2 aliphatic rings. The Morgan fingerprint density at radius 2 is 1.91 bits per heavy atom. The first-order valence-corrected chi connectivity index (χ1v) is 8.01. The van der Waals surface area contributed by atoms with Crippen LogP contribution in [-0.4, -0.2) is 16.9 Å². The minimum atomic E-state index is -1.14. The number of amides is 1. The van der Waals surface area contributed by atoms with Crippen LogP contribution in [0.2, 0.25) is 0 Å². The van der Waals surface area contributed by atoms with Crippen molar-refractivity contribution in [2.45, 2.75) is 6.42 Å². The van der Waals surface area contributed by atoms with Crippen molar-refractivity contribution in [3.8, 4) is 0 Å². The molecule has 4 atom stereocenters. The fourth-order valence-corrected chi connectivity index (χ4v) is 4.48. The molecule has 2 aliphatic carbocycles. The smallest absolute Gasteiger partial charge is 0.230 e. The number of aliphatic carboxylic acids is 1. The maximum Gasteiger partial charge on any atom is 0.230 e. The highest BCUT2D eigenvalue weighted by Gasteiger charge is 2.48. The number of carbonyl (C=O) groups is 2. The van der Waals surface area contributed by atoms with Gasteiger partial charge >= 0.3 is 0 Å². The normalized spacial score (nSPS) is 29.1. The first kappa shape index (κ1) is 13.5. The zero-order valence-corrected chi connectivity index (χ0v) is 12.4. The molecule has 4 rings (SSSR count). The Bertz CT molecular complexity index is 765. The van der Waals surface area contributed by atoms with Crippen molar-refractivity contribution in [3.05, 3.63) is 36.4 Å². The largest absolute Gasteiger partial charge is 0.550 e. The molecule has 6 heteroatoms. The van der Waals surface area contributed by atoms with Crippen LogP contribution in [0.3, 0.4) is 0 Å². The van der Waals surface area contributed by atoms with E-state index in [9.17, 15) is 14.7 Å². The molecular formula is C16H13N2O3S-. The third-order valence-electron chi connectivity index (χ3n) is 4.56. The standard InChI is InChI=1S/C16H14N2O3S/c19-14(12-8-5-6-9(7-8)13(12)15(20)21)18-16-17-10-3-1-2-4-11(10)22-16/h1-6,8-9,12-13H,7H2,(H,20,21)(H,17,18,19)/p-1/t8-,9+,12-,13+/m1/s1. The first-order valence-electron chi connectivity index (χ1n) is 7.19. The lowest BCUT2D eigenvalue weighted by Crippen LogP contribution is -2.42. The van der Waals surface area contributed by atoms with Gasteiger partial charge in [0.15, 0.2) is 5.13 Å². The lowest BCUT2D eigenvalue weighted by molar-refractivity contribution is -0.313. The number of nitrogens with zero attached hydrogens (tertiary/aromatic N) is 1. The van der Waals surface area contributed by atoms with Crippen LogP contribution in [0.15, 0.2) is 36.4 Å². The van der Waals surface area contributed by atoms with E-state index in [4.69, 9.17) is 0 Å². The number of fused-ring (bicyclic) bond motifs is 3. The number of benzene rings is 1. The summed E-state index contributed by atoms with van der Waals surface area (Å²) in [5, 5.41) is 14.7. The minimum absolute atomic E-state index is 0.0118. The van der Waals surface area contributed by atoms with Crippen molar-refractivity contribution in [2.75, 3.05) is 5.32 Å². The van der Waals surface area contributed by atoms with E-state index in [1.54, 1.807) is 0 Å². The molecule has 22 heavy (non-hydrogen) atoms. The Kier molecular flexibility index (Phi) is 3.00. The molecular weight excluding hydrogens is 300 g/mol. The monoisotopic (exact) mass is 313 g/mol. The van der Waals surface area contributed by atoms with E-state index in [0.29, 0.717) is 5.13 Å². The molecule has 1 aromatic heterocycles. The van der Waals surface area contributed by atoms with Crippen LogP contribution >= 0.6 is 11.3 Å². The second kappa shape index (κ2) is 4.91.